The molecule has 0 N–H and O–H groups in total. The first-order valence-electron chi connectivity index (χ1n) is 9.47. The van der Waals surface area contributed by atoms with Crippen molar-refractivity contribution in [2.75, 3.05) is 37.6 Å². The summed E-state index contributed by atoms with van der Waals surface area (Å²) in [4.78, 5) is 8.59. The van der Waals surface area contributed by atoms with Gasteiger partial charge >= 0.3 is 6.18 Å². The number of hydrogen-bond acceptors (Lipinski definition) is 4. The van der Waals surface area contributed by atoms with Crippen LogP contribution in [-0.2, 0) is 10.9 Å². The van der Waals surface area contributed by atoms with Crippen LogP contribution in [-0.4, -0.2) is 54.8 Å². The Morgan fingerprint density at radius 2 is 1.81 bits per heavy atom. The predicted octanol–water partition coefficient (Wildman–Crippen LogP) is 3.82. The minimum atomic E-state index is -4.32. The van der Waals surface area contributed by atoms with Crippen molar-refractivity contribution in [3.05, 3.63) is 23.9 Å². The largest absolute Gasteiger partial charge is 0.416 e. The first-order valence-corrected chi connectivity index (χ1v) is 9.47. The molecule has 1 aromatic heterocycles. The molecule has 2 aliphatic rings. The van der Waals surface area contributed by atoms with Crippen LogP contribution >= 0.6 is 0 Å². The van der Waals surface area contributed by atoms with Crippen molar-refractivity contribution in [1.29, 1.82) is 0 Å². The van der Waals surface area contributed by atoms with Crippen molar-refractivity contribution in [1.82, 2.24) is 9.88 Å². The second kappa shape index (κ2) is 8.13. The maximum atomic E-state index is 12.9. The van der Waals surface area contributed by atoms with Crippen molar-refractivity contribution in [2.24, 2.45) is 5.92 Å². The third-order valence-electron chi connectivity index (χ3n) is 5.36. The second-order valence-electron chi connectivity index (χ2n) is 7.64. The molecule has 0 amide bonds. The second-order valence-corrected chi connectivity index (χ2v) is 7.64. The van der Waals surface area contributed by atoms with E-state index in [9.17, 15) is 13.2 Å². The van der Waals surface area contributed by atoms with Gasteiger partial charge in [0.05, 0.1) is 17.8 Å². The van der Waals surface area contributed by atoms with Crippen LogP contribution in [0, 0.1) is 5.92 Å². The van der Waals surface area contributed by atoms with Crippen molar-refractivity contribution in [3.8, 4) is 0 Å². The van der Waals surface area contributed by atoms with Gasteiger partial charge in [0.2, 0.25) is 0 Å². The fraction of sp³-hybridized carbons (Fsp3) is 0.737. The number of ether oxygens (including phenoxy) is 1. The number of pyridine rings is 1. The van der Waals surface area contributed by atoms with Crippen LogP contribution in [0.4, 0.5) is 19.0 Å². The number of hydrogen-bond donors (Lipinski definition) is 0. The summed E-state index contributed by atoms with van der Waals surface area (Å²) in [7, 11) is 0. The number of morpholine rings is 1. The Morgan fingerprint density at radius 3 is 2.42 bits per heavy atom. The van der Waals surface area contributed by atoms with E-state index in [2.05, 4.69) is 23.7 Å². The van der Waals surface area contributed by atoms with Crippen LogP contribution in [0.15, 0.2) is 18.3 Å². The number of alkyl halides is 3. The lowest BCUT2D eigenvalue weighted by Gasteiger charge is -2.37. The summed E-state index contributed by atoms with van der Waals surface area (Å²) in [6, 6.07) is 2.19. The molecular formula is C19H28F3N3O. The van der Waals surface area contributed by atoms with Gasteiger partial charge in [0.25, 0.3) is 0 Å². The van der Waals surface area contributed by atoms with Crippen LogP contribution in [0.3, 0.4) is 0 Å². The van der Waals surface area contributed by atoms with Crippen molar-refractivity contribution >= 4 is 5.82 Å². The molecule has 3 heterocycles. The lowest BCUT2D eigenvalue weighted by Crippen LogP contribution is -2.46. The molecule has 0 saturated carbocycles. The van der Waals surface area contributed by atoms with Gasteiger partial charge in [-0.15, -0.1) is 0 Å². The van der Waals surface area contributed by atoms with E-state index >= 15 is 0 Å². The van der Waals surface area contributed by atoms with Crippen LogP contribution in [0.25, 0.3) is 0 Å². The minimum absolute atomic E-state index is 0.285. The lowest BCUT2D eigenvalue weighted by molar-refractivity contribution is -0.137. The van der Waals surface area contributed by atoms with Crippen molar-refractivity contribution in [3.63, 3.8) is 0 Å². The molecular weight excluding hydrogens is 343 g/mol. The molecule has 0 spiro atoms. The molecule has 2 aliphatic heterocycles. The summed E-state index contributed by atoms with van der Waals surface area (Å²) < 4.78 is 44.4. The molecule has 0 aromatic carbocycles. The lowest BCUT2D eigenvalue weighted by atomic mass is 9.93. The number of nitrogens with zero attached hydrogens (tertiary/aromatic N) is 3. The molecule has 2 atom stereocenters. The predicted molar refractivity (Wildman–Crippen MR) is 95.2 cm³/mol. The molecule has 1 aromatic rings. The van der Waals surface area contributed by atoms with E-state index in [1.54, 1.807) is 0 Å². The summed E-state index contributed by atoms with van der Waals surface area (Å²) in [5.74, 6) is 1.07. The monoisotopic (exact) mass is 371 g/mol. The highest BCUT2D eigenvalue weighted by molar-refractivity contribution is 5.42. The minimum Gasteiger partial charge on any atom is -0.373 e. The number of rotatable bonds is 4. The van der Waals surface area contributed by atoms with Gasteiger partial charge in [0, 0.05) is 32.4 Å². The van der Waals surface area contributed by atoms with Crippen LogP contribution < -0.4 is 4.90 Å². The van der Waals surface area contributed by atoms with Crippen LogP contribution in [0.5, 0.6) is 0 Å². The zero-order chi connectivity index (χ0) is 18.7. The standard InChI is InChI=1S/C19H28F3N3O/c1-14-12-24(13-15(2)26-14)8-4-16-5-9-25(10-6-16)18-11-17(3-7-23-18)19(20,21)22/h3,7,11,14-16H,4-6,8-10,12-13H2,1-2H3. The Kier molecular flexibility index (Phi) is 6.07. The normalized spacial score (nSPS) is 26.3. The molecule has 2 unspecified atom stereocenters. The Hall–Kier alpha value is -1.34. The SMILES string of the molecule is CC1CN(CCC2CCN(c3cc(C(F)(F)F)ccn3)CC2)CC(C)O1. The number of aromatic nitrogens is 1. The van der Waals surface area contributed by atoms with Gasteiger partial charge in [-0.3, -0.25) is 4.90 Å². The number of anilines is 1. The maximum Gasteiger partial charge on any atom is 0.416 e. The molecule has 3 rings (SSSR count). The Labute approximate surface area is 153 Å². The van der Waals surface area contributed by atoms with Gasteiger partial charge in [-0.2, -0.15) is 13.2 Å². The average molecular weight is 371 g/mol. The summed E-state index contributed by atoms with van der Waals surface area (Å²) in [5.41, 5.74) is -0.625. The fourth-order valence-corrected chi connectivity index (χ4v) is 4.05. The number of piperidine rings is 1. The molecule has 2 saturated heterocycles. The third kappa shape index (κ3) is 5.10. The maximum absolute atomic E-state index is 12.9. The zero-order valence-corrected chi connectivity index (χ0v) is 15.5. The fourth-order valence-electron chi connectivity index (χ4n) is 4.05. The van der Waals surface area contributed by atoms with E-state index in [0.29, 0.717) is 11.7 Å². The summed E-state index contributed by atoms with van der Waals surface area (Å²) >= 11 is 0. The van der Waals surface area contributed by atoms with E-state index < -0.39 is 11.7 Å². The Bertz CT molecular complexity index is 578. The zero-order valence-electron chi connectivity index (χ0n) is 15.5. The van der Waals surface area contributed by atoms with Gasteiger partial charge < -0.3 is 9.64 Å². The van der Waals surface area contributed by atoms with Crippen molar-refractivity contribution in [2.45, 2.75) is 51.5 Å². The first kappa shape index (κ1) is 19.4. The Morgan fingerprint density at radius 1 is 1.15 bits per heavy atom. The quantitative estimate of drug-likeness (QED) is 0.805. The van der Waals surface area contributed by atoms with Crippen LogP contribution in [0.1, 0.15) is 38.7 Å². The highest BCUT2D eigenvalue weighted by atomic mass is 19.4. The molecule has 26 heavy (non-hydrogen) atoms. The van der Waals surface area contributed by atoms with E-state index in [1.165, 1.54) is 6.20 Å². The van der Waals surface area contributed by atoms with Crippen LogP contribution in [0.2, 0.25) is 0 Å². The topological polar surface area (TPSA) is 28.6 Å². The molecule has 7 heteroatoms. The van der Waals surface area contributed by atoms with E-state index in [0.717, 1.165) is 64.1 Å². The van der Waals surface area contributed by atoms with Gasteiger partial charge in [-0.1, -0.05) is 0 Å². The summed E-state index contributed by atoms with van der Waals surface area (Å²) in [5, 5.41) is 0. The Balaban J connectivity index is 1.47. The van der Waals surface area contributed by atoms with E-state index in [-0.39, 0.29) is 12.2 Å². The first-order chi connectivity index (χ1) is 12.3. The van der Waals surface area contributed by atoms with Gasteiger partial charge in [-0.25, -0.2) is 4.98 Å². The van der Waals surface area contributed by atoms with Gasteiger partial charge in [0.15, 0.2) is 0 Å². The molecule has 0 aliphatic carbocycles. The molecule has 0 radical (unpaired) electrons. The smallest absolute Gasteiger partial charge is 0.373 e. The average Bonchev–Trinajstić information content (AvgIpc) is 2.59. The third-order valence-corrected chi connectivity index (χ3v) is 5.36. The molecule has 4 nitrogen and oxygen atoms in total. The highest BCUT2D eigenvalue weighted by Gasteiger charge is 2.31. The summed E-state index contributed by atoms with van der Waals surface area (Å²) in [6.07, 6.45) is 0.664. The van der Waals surface area contributed by atoms with Crippen molar-refractivity contribution < 1.29 is 17.9 Å². The molecule has 146 valence electrons. The number of halogens is 3. The van der Waals surface area contributed by atoms with E-state index in [1.807, 2.05) is 4.90 Å². The summed E-state index contributed by atoms with van der Waals surface area (Å²) in [6.45, 7) is 8.81. The highest BCUT2D eigenvalue weighted by Crippen LogP contribution is 2.32. The molecule has 2 fully saturated rings. The van der Waals surface area contributed by atoms with Gasteiger partial charge in [0.1, 0.15) is 5.82 Å². The van der Waals surface area contributed by atoms with E-state index in [4.69, 9.17) is 4.74 Å². The molecule has 0 bridgehead atoms. The van der Waals surface area contributed by atoms with Gasteiger partial charge in [-0.05, 0) is 57.7 Å².